The van der Waals surface area contributed by atoms with E-state index in [4.69, 9.17) is 13.6 Å². The summed E-state index contributed by atoms with van der Waals surface area (Å²) in [7, 11) is -4.78. The fourth-order valence-corrected chi connectivity index (χ4v) is 3.22. The molecule has 1 aliphatic heterocycles. The van der Waals surface area contributed by atoms with Crippen molar-refractivity contribution in [2.45, 2.75) is 13.8 Å². The Morgan fingerprint density at radius 3 is 2.41 bits per heavy atom. The van der Waals surface area contributed by atoms with E-state index in [0.717, 1.165) is 0 Å². The third-order valence-electron chi connectivity index (χ3n) is 2.24. The van der Waals surface area contributed by atoms with Gasteiger partial charge in [0.05, 0.1) is 19.9 Å². The van der Waals surface area contributed by atoms with Crippen LogP contribution < -0.4 is 10.2 Å². The number of rotatable bonds is 5. The van der Waals surface area contributed by atoms with E-state index in [2.05, 4.69) is 10.2 Å². The molecule has 0 spiro atoms. The Kier molecular flexibility index (Phi) is 4.95. The zero-order valence-corrected chi connectivity index (χ0v) is 12.3. The van der Waals surface area contributed by atoms with Crippen LogP contribution in [-0.4, -0.2) is 33.7 Å². The van der Waals surface area contributed by atoms with E-state index in [1.165, 1.54) is 13.8 Å². The summed E-state index contributed by atoms with van der Waals surface area (Å²) in [4.78, 5) is 0. The zero-order chi connectivity index (χ0) is 13.2. The van der Waals surface area contributed by atoms with Crippen molar-refractivity contribution < 1.29 is 22.7 Å². The molecule has 1 rings (SSSR count). The zero-order valence-electron chi connectivity index (χ0n) is 10.6. The second kappa shape index (κ2) is 5.49. The molecule has 17 heavy (non-hydrogen) atoms. The summed E-state index contributed by atoms with van der Waals surface area (Å²) in [6.07, 6.45) is 0. The van der Waals surface area contributed by atoms with Gasteiger partial charge in [-0.15, -0.1) is 0 Å². The molecule has 1 saturated heterocycles. The quantitative estimate of drug-likeness (QED) is 0.588. The SMILES string of the molecule is COP(C)(=O)NCNP1(=O)OCC(C)(C)CO1. The first-order valence-corrected chi connectivity index (χ1v) is 8.82. The van der Waals surface area contributed by atoms with Crippen LogP contribution >= 0.6 is 15.3 Å². The van der Waals surface area contributed by atoms with Crippen LogP contribution in [0.3, 0.4) is 0 Å². The van der Waals surface area contributed by atoms with Gasteiger partial charge in [-0.05, 0) is 0 Å². The molecule has 2 N–H and O–H groups in total. The van der Waals surface area contributed by atoms with Gasteiger partial charge in [0.1, 0.15) is 0 Å². The van der Waals surface area contributed by atoms with Gasteiger partial charge < -0.3 is 4.52 Å². The molecule has 1 aliphatic rings. The summed E-state index contributed by atoms with van der Waals surface area (Å²) >= 11 is 0. The Morgan fingerprint density at radius 1 is 1.41 bits per heavy atom. The lowest BCUT2D eigenvalue weighted by Gasteiger charge is -2.34. The maximum absolute atomic E-state index is 12.0. The van der Waals surface area contributed by atoms with Crippen molar-refractivity contribution >= 4 is 15.3 Å². The van der Waals surface area contributed by atoms with E-state index in [0.29, 0.717) is 13.2 Å². The van der Waals surface area contributed by atoms with Crippen LogP contribution in [-0.2, 0) is 22.7 Å². The Balaban J connectivity index is 2.38. The van der Waals surface area contributed by atoms with Gasteiger partial charge in [-0.25, -0.2) is 14.7 Å². The minimum absolute atomic E-state index is 0.0271. The molecule has 0 aromatic carbocycles. The van der Waals surface area contributed by atoms with E-state index in [1.807, 2.05) is 13.8 Å². The largest absolute Gasteiger partial charge is 0.406 e. The van der Waals surface area contributed by atoms with E-state index < -0.39 is 15.3 Å². The number of nitrogens with one attached hydrogen (secondary N) is 2. The molecular formula is C8H20N2O5P2. The van der Waals surface area contributed by atoms with E-state index in [1.54, 1.807) is 0 Å². The summed E-state index contributed by atoms with van der Waals surface area (Å²) < 4.78 is 38.5. The third kappa shape index (κ3) is 5.18. The van der Waals surface area contributed by atoms with Gasteiger partial charge in [0.25, 0.3) is 7.52 Å². The van der Waals surface area contributed by atoms with Crippen molar-refractivity contribution in [1.29, 1.82) is 0 Å². The molecule has 0 radical (unpaired) electrons. The van der Waals surface area contributed by atoms with Gasteiger partial charge in [-0.2, -0.15) is 0 Å². The molecular weight excluding hydrogens is 266 g/mol. The van der Waals surface area contributed by atoms with Crippen molar-refractivity contribution in [3.05, 3.63) is 0 Å². The Bertz CT molecular complexity index is 346. The maximum Gasteiger partial charge on any atom is 0.406 e. The Morgan fingerprint density at radius 2 is 1.94 bits per heavy atom. The van der Waals surface area contributed by atoms with Crippen molar-refractivity contribution in [3.8, 4) is 0 Å². The Labute approximate surface area is 102 Å². The average Bonchev–Trinajstić information content (AvgIpc) is 2.23. The molecule has 0 saturated carbocycles. The van der Waals surface area contributed by atoms with Gasteiger partial charge >= 0.3 is 7.75 Å². The average molecular weight is 286 g/mol. The van der Waals surface area contributed by atoms with Crippen molar-refractivity contribution in [2.75, 3.05) is 33.7 Å². The predicted molar refractivity (Wildman–Crippen MR) is 65.0 cm³/mol. The summed E-state index contributed by atoms with van der Waals surface area (Å²) in [5.74, 6) is 0. The summed E-state index contributed by atoms with van der Waals surface area (Å²) in [6, 6.07) is 0. The summed E-state index contributed by atoms with van der Waals surface area (Å²) in [5, 5.41) is 5.17. The summed E-state index contributed by atoms with van der Waals surface area (Å²) in [6.45, 7) is 6.08. The second-order valence-electron chi connectivity index (χ2n) is 4.73. The fourth-order valence-electron chi connectivity index (χ4n) is 1.03. The first kappa shape index (κ1) is 15.3. The molecule has 0 aliphatic carbocycles. The van der Waals surface area contributed by atoms with Crippen LogP contribution in [0.1, 0.15) is 13.8 Å². The lowest BCUT2D eigenvalue weighted by Crippen LogP contribution is -2.35. The number of hydrogen-bond donors (Lipinski definition) is 2. The maximum atomic E-state index is 12.0. The number of hydrogen-bond acceptors (Lipinski definition) is 5. The topological polar surface area (TPSA) is 85.9 Å². The van der Waals surface area contributed by atoms with Gasteiger partial charge in [0.2, 0.25) is 0 Å². The van der Waals surface area contributed by atoms with Crippen LogP contribution in [0, 0.1) is 5.41 Å². The molecule has 9 heteroatoms. The lowest BCUT2D eigenvalue weighted by atomic mass is 9.97. The molecule has 1 fully saturated rings. The second-order valence-corrected chi connectivity index (χ2v) is 8.93. The monoisotopic (exact) mass is 286 g/mol. The molecule has 1 unspecified atom stereocenters. The Hall–Kier alpha value is 0.260. The first-order valence-electron chi connectivity index (χ1n) is 5.21. The van der Waals surface area contributed by atoms with Crippen LogP contribution in [0.5, 0.6) is 0 Å². The summed E-state index contributed by atoms with van der Waals surface area (Å²) in [5.41, 5.74) is -0.143. The van der Waals surface area contributed by atoms with Crippen molar-refractivity contribution in [1.82, 2.24) is 10.2 Å². The molecule has 1 atom stereocenters. The fraction of sp³-hybridized carbons (Fsp3) is 1.00. The van der Waals surface area contributed by atoms with E-state index in [9.17, 15) is 9.13 Å². The highest BCUT2D eigenvalue weighted by molar-refractivity contribution is 7.56. The van der Waals surface area contributed by atoms with Gasteiger partial charge in [-0.3, -0.25) is 13.6 Å². The van der Waals surface area contributed by atoms with E-state index in [-0.39, 0.29) is 12.1 Å². The molecule has 0 aromatic heterocycles. The van der Waals surface area contributed by atoms with Crippen LogP contribution in [0.25, 0.3) is 0 Å². The molecule has 102 valence electrons. The highest BCUT2D eigenvalue weighted by Crippen LogP contribution is 2.50. The van der Waals surface area contributed by atoms with Gasteiger partial charge in [0, 0.05) is 19.2 Å². The van der Waals surface area contributed by atoms with Crippen LogP contribution in [0.4, 0.5) is 0 Å². The first-order chi connectivity index (χ1) is 7.68. The highest BCUT2D eigenvalue weighted by Gasteiger charge is 2.36. The minimum atomic E-state index is -3.28. The van der Waals surface area contributed by atoms with Crippen molar-refractivity contribution in [2.24, 2.45) is 5.41 Å². The molecule has 0 amide bonds. The van der Waals surface area contributed by atoms with Crippen LogP contribution in [0.15, 0.2) is 0 Å². The third-order valence-corrected chi connectivity index (χ3v) is 5.15. The predicted octanol–water partition coefficient (Wildman–Crippen LogP) is 1.77. The lowest BCUT2D eigenvalue weighted by molar-refractivity contribution is 0.0372. The van der Waals surface area contributed by atoms with Gasteiger partial charge in [0.15, 0.2) is 0 Å². The van der Waals surface area contributed by atoms with Crippen molar-refractivity contribution in [3.63, 3.8) is 0 Å². The standard InChI is InChI=1S/C8H20N2O5P2/c1-8(2)5-14-17(12,15-6-8)10-7-9-16(4,11)13-3/h5-7H2,1-4H3,(H,9,11)(H,10,12). The molecule has 7 nitrogen and oxygen atoms in total. The normalized spacial score (nSPS) is 26.4. The molecule has 0 aromatic rings. The highest BCUT2D eigenvalue weighted by atomic mass is 31.2. The molecule has 0 bridgehead atoms. The van der Waals surface area contributed by atoms with E-state index >= 15 is 0 Å². The van der Waals surface area contributed by atoms with Gasteiger partial charge in [-0.1, -0.05) is 13.8 Å². The smallest absolute Gasteiger partial charge is 0.321 e. The molecule has 1 heterocycles. The minimum Gasteiger partial charge on any atom is -0.321 e. The van der Waals surface area contributed by atoms with Crippen LogP contribution in [0.2, 0.25) is 0 Å².